The molecule has 146 valence electrons. The number of sulfonamides is 1. The molecule has 0 aliphatic carbocycles. The molecule has 2 amide bonds. The zero-order valence-electron chi connectivity index (χ0n) is 14.9. The molecule has 0 saturated heterocycles. The molecule has 0 aliphatic heterocycles. The van der Waals surface area contributed by atoms with Crippen molar-refractivity contribution in [2.75, 3.05) is 12.0 Å². The second kappa shape index (κ2) is 10.8. The van der Waals surface area contributed by atoms with E-state index in [4.69, 9.17) is 11.6 Å². The third kappa shape index (κ3) is 7.94. The maximum absolute atomic E-state index is 12.5. The van der Waals surface area contributed by atoms with Crippen LogP contribution in [-0.4, -0.2) is 38.3 Å². The second-order valence-corrected chi connectivity index (χ2v) is 9.18. The molecule has 0 radical (unpaired) electrons. The van der Waals surface area contributed by atoms with E-state index in [-0.39, 0.29) is 29.6 Å². The topological polar surface area (TPSA) is 104 Å². The number of rotatable bonds is 9. The molecule has 0 aromatic heterocycles. The van der Waals surface area contributed by atoms with E-state index in [9.17, 15) is 18.0 Å². The van der Waals surface area contributed by atoms with Crippen LogP contribution in [0.15, 0.2) is 29.2 Å². The number of carbonyl (C=O) groups excluding carboxylic acids is 2. The van der Waals surface area contributed by atoms with Gasteiger partial charge in [0.15, 0.2) is 0 Å². The van der Waals surface area contributed by atoms with Crippen LogP contribution < -0.4 is 15.6 Å². The maximum Gasteiger partial charge on any atom is 0.256 e. The van der Waals surface area contributed by atoms with E-state index in [1.54, 1.807) is 0 Å². The van der Waals surface area contributed by atoms with E-state index >= 15 is 0 Å². The van der Waals surface area contributed by atoms with Gasteiger partial charge in [-0.1, -0.05) is 25.4 Å². The highest BCUT2D eigenvalue weighted by molar-refractivity contribution is 7.98. The Morgan fingerprint density at radius 2 is 1.77 bits per heavy atom. The van der Waals surface area contributed by atoms with Gasteiger partial charge in [-0.05, 0) is 48.6 Å². The SMILES string of the molecule is CSCCC(NS(=O)(=O)c1ccc(Cl)cc1)C(=O)NNC(=O)CC(C)C. The van der Waals surface area contributed by atoms with E-state index in [1.165, 1.54) is 36.0 Å². The van der Waals surface area contributed by atoms with Crippen molar-refractivity contribution in [3.05, 3.63) is 29.3 Å². The van der Waals surface area contributed by atoms with E-state index < -0.39 is 22.0 Å². The first-order chi connectivity index (χ1) is 12.2. The van der Waals surface area contributed by atoms with Gasteiger partial charge in [0.25, 0.3) is 5.91 Å². The molecular formula is C16H24ClN3O4S2. The molecule has 0 aliphatic rings. The summed E-state index contributed by atoms with van der Waals surface area (Å²) in [5.41, 5.74) is 4.59. The standard InChI is InChI=1S/C16H24ClN3O4S2/c1-11(2)10-15(21)18-19-16(22)14(8-9-25-3)20-26(23,24)13-6-4-12(17)5-7-13/h4-7,11,14,20H,8-10H2,1-3H3,(H,18,21)(H,19,22). The van der Waals surface area contributed by atoms with Crippen LogP contribution in [0.3, 0.4) is 0 Å². The largest absolute Gasteiger partial charge is 0.273 e. The van der Waals surface area contributed by atoms with Crippen LogP contribution in [0.25, 0.3) is 0 Å². The van der Waals surface area contributed by atoms with Crippen molar-refractivity contribution in [3.8, 4) is 0 Å². The minimum atomic E-state index is -3.90. The Balaban J connectivity index is 2.80. The summed E-state index contributed by atoms with van der Waals surface area (Å²) in [6, 6.07) is 4.62. The van der Waals surface area contributed by atoms with E-state index in [0.29, 0.717) is 10.8 Å². The van der Waals surface area contributed by atoms with E-state index in [1.807, 2.05) is 20.1 Å². The molecule has 1 rings (SSSR count). The van der Waals surface area contributed by atoms with Crippen molar-refractivity contribution in [3.63, 3.8) is 0 Å². The van der Waals surface area contributed by atoms with Gasteiger partial charge < -0.3 is 0 Å². The van der Waals surface area contributed by atoms with Crippen LogP contribution in [-0.2, 0) is 19.6 Å². The third-order valence-electron chi connectivity index (χ3n) is 3.27. The van der Waals surface area contributed by atoms with E-state index in [0.717, 1.165) is 0 Å². The Kier molecular flexibility index (Phi) is 9.42. The average molecular weight is 422 g/mol. The fourth-order valence-electron chi connectivity index (χ4n) is 1.99. The minimum absolute atomic E-state index is 0.00712. The van der Waals surface area contributed by atoms with Crippen LogP contribution in [0.2, 0.25) is 5.02 Å². The van der Waals surface area contributed by atoms with Crippen LogP contribution in [0.5, 0.6) is 0 Å². The molecule has 3 N–H and O–H groups in total. The number of hydrogen-bond donors (Lipinski definition) is 3. The van der Waals surface area contributed by atoms with Gasteiger partial charge in [0.1, 0.15) is 6.04 Å². The summed E-state index contributed by atoms with van der Waals surface area (Å²) in [4.78, 5) is 24.0. The highest BCUT2D eigenvalue weighted by Gasteiger charge is 2.25. The number of hydrogen-bond acceptors (Lipinski definition) is 5. The van der Waals surface area contributed by atoms with Crippen LogP contribution in [0.4, 0.5) is 0 Å². The lowest BCUT2D eigenvalue weighted by Crippen LogP contribution is -2.52. The maximum atomic E-state index is 12.5. The quantitative estimate of drug-likeness (QED) is 0.528. The van der Waals surface area contributed by atoms with Crippen LogP contribution in [0.1, 0.15) is 26.7 Å². The summed E-state index contributed by atoms with van der Waals surface area (Å²) in [6.45, 7) is 3.76. The first-order valence-corrected chi connectivity index (χ1v) is 11.3. The highest BCUT2D eigenvalue weighted by Crippen LogP contribution is 2.15. The molecule has 0 spiro atoms. The molecule has 26 heavy (non-hydrogen) atoms. The fraction of sp³-hybridized carbons (Fsp3) is 0.500. The molecule has 1 aromatic carbocycles. The molecule has 1 atom stereocenters. The van der Waals surface area contributed by atoms with Crippen molar-refractivity contribution >= 4 is 45.2 Å². The van der Waals surface area contributed by atoms with Gasteiger partial charge in [-0.3, -0.25) is 20.4 Å². The Morgan fingerprint density at radius 3 is 2.31 bits per heavy atom. The molecule has 1 unspecified atom stereocenters. The summed E-state index contributed by atoms with van der Waals surface area (Å²) < 4.78 is 27.3. The molecule has 0 bridgehead atoms. The first kappa shape index (κ1) is 22.8. The smallest absolute Gasteiger partial charge is 0.256 e. The molecule has 1 aromatic rings. The fourth-order valence-corrected chi connectivity index (χ4v) is 3.82. The summed E-state index contributed by atoms with van der Waals surface area (Å²) in [6.07, 6.45) is 2.39. The van der Waals surface area contributed by atoms with Gasteiger partial charge in [-0.25, -0.2) is 8.42 Å². The first-order valence-electron chi connectivity index (χ1n) is 8.01. The predicted octanol–water partition coefficient (Wildman–Crippen LogP) is 1.93. The molecule has 10 heteroatoms. The van der Waals surface area contributed by atoms with Crippen molar-refractivity contribution < 1.29 is 18.0 Å². The van der Waals surface area contributed by atoms with Crippen molar-refractivity contribution in [2.45, 2.75) is 37.6 Å². The monoisotopic (exact) mass is 421 g/mol. The Hall–Kier alpha value is -1.29. The normalized spacial score (nSPS) is 12.7. The van der Waals surface area contributed by atoms with Gasteiger partial charge in [0, 0.05) is 11.4 Å². The number of halogens is 1. The number of amides is 2. The molecular weight excluding hydrogens is 398 g/mol. The number of benzene rings is 1. The Labute approximate surface area is 163 Å². The van der Waals surface area contributed by atoms with Gasteiger partial charge in [0.05, 0.1) is 4.90 Å². The predicted molar refractivity (Wildman–Crippen MR) is 104 cm³/mol. The zero-order valence-corrected chi connectivity index (χ0v) is 17.3. The van der Waals surface area contributed by atoms with Gasteiger partial charge in [-0.2, -0.15) is 16.5 Å². The van der Waals surface area contributed by atoms with Crippen molar-refractivity contribution in [1.29, 1.82) is 0 Å². The zero-order chi connectivity index (χ0) is 19.7. The average Bonchev–Trinajstić information content (AvgIpc) is 2.56. The lowest BCUT2D eigenvalue weighted by Gasteiger charge is -2.18. The number of thioether (sulfide) groups is 1. The highest BCUT2D eigenvalue weighted by atomic mass is 35.5. The summed E-state index contributed by atoms with van der Waals surface area (Å²) in [5, 5.41) is 0.411. The third-order valence-corrected chi connectivity index (χ3v) is 5.65. The van der Waals surface area contributed by atoms with Crippen molar-refractivity contribution in [1.82, 2.24) is 15.6 Å². The van der Waals surface area contributed by atoms with Crippen LogP contribution in [0, 0.1) is 5.92 Å². The lowest BCUT2D eigenvalue weighted by molar-refractivity contribution is -0.130. The Morgan fingerprint density at radius 1 is 1.15 bits per heavy atom. The molecule has 0 saturated carbocycles. The van der Waals surface area contributed by atoms with Crippen molar-refractivity contribution in [2.24, 2.45) is 5.92 Å². The molecule has 0 fully saturated rings. The summed E-state index contributed by atoms with van der Waals surface area (Å²) in [5.74, 6) is -0.241. The summed E-state index contributed by atoms with van der Waals surface area (Å²) in [7, 11) is -3.90. The number of carbonyl (C=O) groups is 2. The van der Waals surface area contributed by atoms with Gasteiger partial charge in [-0.15, -0.1) is 0 Å². The summed E-state index contributed by atoms with van der Waals surface area (Å²) >= 11 is 7.26. The lowest BCUT2D eigenvalue weighted by atomic mass is 10.1. The van der Waals surface area contributed by atoms with Gasteiger partial charge >= 0.3 is 0 Å². The number of hydrazine groups is 1. The van der Waals surface area contributed by atoms with Gasteiger partial charge in [0.2, 0.25) is 15.9 Å². The number of nitrogens with one attached hydrogen (secondary N) is 3. The Bertz CT molecular complexity index is 709. The molecule has 0 heterocycles. The minimum Gasteiger partial charge on any atom is -0.273 e. The second-order valence-electron chi connectivity index (χ2n) is 6.04. The van der Waals surface area contributed by atoms with E-state index in [2.05, 4.69) is 15.6 Å². The van der Waals surface area contributed by atoms with Crippen LogP contribution >= 0.6 is 23.4 Å². The molecule has 7 nitrogen and oxygen atoms in total.